The molecule has 0 fully saturated rings. The Labute approximate surface area is 180 Å². The van der Waals surface area contributed by atoms with Crippen LogP contribution in [-0.2, 0) is 9.59 Å². The fraction of sp³-hybridized carbons (Fsp3) is 0.440. The van der Waals surface area contributed by atoms with Gasteiger partial charge in [-0.3, -0.25) is 14.5 Å². The zero-order chi connectivity index (χ0) is 22.4. The molecule has 2 rings (SSSR count). The van der Waals surface area contributed by atoms with Crippen LogP contribution < -0.4 is 10.6 Å². The van der Waals surface area contributed by atoms with Crippen molar-refractivity contribution in [3.05, 3.63) is 58.7 Å². The molecule has 2 aromatic rings. The van der Waals surface area contributed by atoms with Crippen molar-refractivity contribution in [3.63, 3.8) is 0 Å². The molecule has 5 nitrogen and oxygen atoms in total. The molecule has 0 unspecified atom stereocenters. The molecule has 0 saturated carbocycles. The molecule has 162 valence electrons. The van der Waals surface area contributed by atoms with E-state index >= 15 is 0 Å². The van der Waals surface area contributed by atoms with Gasteiger partial charge in [0.1, 0.15) is 0 Å². The molecule has 0 aliphatic rings. The van der Waals surface area contributed by atoms with Crippen molar-refractivity contribution in [1.82, 2.24) is 4.90 Å². The summed E-state index contributed by atoms with van der Waals surface area (Å²) >= 11 is 0. The fourth-order valence-corrected chi connectivity index (χ4v) is 3.50. The van der Waals surface area contributed by atoms with Gasteiger partial charge in [0, 0.05) is 11.4 Å². The molecule has 0 aliphatic heterocycles. The first-order valence-corrected chi connectivity index (χ1v) is 10.6. The van der Waals surface area contributed by atoms with E-state index in [2.05, 4.69) is 48.7 Å². The Hall–Kier alpha value is -2.66. The van der Waals surface area contributed by atoms with Gasteiger partial charge in [-0.05, 0) is 75.9 Å². The van der Waals surface area contributed by atoms with Crippen molar-refractivity contribution in [2.24, 2.45) is 0 Å². The Balaban J connectivity index is 1.94. The van der Waals surface area contributed by atoms with Crippen LogP contribution in [0.4, 0.5) is 11.4 Å². The summed E-state index contributed by atoms with van der Waals surface area (Å²) in [5, 5.41) is 5.93. The van der Waals surface area contributed by atoms with Crippen LogP contribution >= 0.6 is 0 Å². The third kappa shape index (κ3) is 6.17. The number of benzene rings is 2. The summed E-state index contributed by atoms with van der Waals surface area (Å²) < 4.78 is 0. The summed E-state index contributed by atoms with van der Waals surface area (Å²) in [5.74, 6) is 0.230. The van der Waals surface area contributed by atoms with Crippen molar-refractivity contribution >= 4 is 23.2 Å². The number of carbonyl (C=O) groups excluding carboxylic acids is 2. The summed E-state index contributed by atoms with van der Waals surface area (Å²) in [7, 11) is 1.78. The van der Waals surface area contributed by atoms with Gasteiger partial charge in [0.15, 0.2) is 0 Å². The lowest BCUT2D eigenvalue weighted by molar-refractivity contribution is -0.122. The molecule has 2 atom stereocenters. The molecule has 5 heteroatoms. The Morgan fingerprint density at radius 2 is 1.53 bits per heavy atom. The quantitative estimate of drug-likeness (QED) is 0.643. The minimum Gasteiger partial charge on any atom is -0.325 e. The van der Waals surface area contributed by atoms with E-state index in [0.717, 1.165) is 28.9 Å². The number of anilines is 2. The van der Waals surface area contributed by atoms with Crippen LogP contribution in [-0.4, -0.2) is 36.3 Å². The molecule has 2 N–H and O–H groups in total. The zero-order valence-electron chi connectivity index (χ0n) is 19.3. The van der Waals surface area contributed by atoms with Gasteiger partial charge < -0.3 is 10.6 Å². The zero-order valence-corrected chi connectivity index (χ0v) is 19.3. The molecule has 2 amide bonds. The smallest absolute Gasteiger partial charge is 0.241 e. The average molecular weight is 410 g/mol. The maximum absolute atomic E-state index is 12.6. The van der Waals surface area contributed by atoms with E-state index in [1.807, 2.05) is 32.9 Å². The van der Waals surface area contributed by atoms with E-state index in [1.54, 1.807) is 18.9 Å². The highest BCUT2D eigenvalue weighted by molar-refractivity contribution is 5.96. The number of carbonyl (C=O) groups is 2. The van der Waals surface area contributed by atoms with E-state index in [4.69, 9.17) is 0 Å². The number of amides is 2. The normalized spacial score (nSPS) is 13.1. The van der Waals surface area contributed by atoms with Crippen LogP contribution in [0.1, 0.15) is 55.4 Å². The van der Waals surface area contributed by atoms with Gasteiger partial charge >= 0.3 is 0 Å². The third-order valence-corrected chi connectivity index (χ3v) is 5.73. The van der Waals surface area contributed by atoms with E-state index in [0.29, 0.717) is 5.92 Å². The summed E-state index contributed by atoms with van der Waals surface area (Å²) in [6.45, 7) is 12.3. The number of likely N-dealkylation sites (N-methyl/N-ethyl adjacent to an activating group) is 1. The van der Waals surface area contributed by atoms with Gasteiger partial charge in [-0.2, -0.15) is 0 Å². The maximum atomic E-state index is 12.6. The lowest BCUT2D eigenvalue weighted by Gasteiger charge is -2.24. The van der Waals surface area contributed by atoms with E-state index < -0.39 is 6.04 Å². The van der Waals surface area contributed by atoms with Gasteiger partial charge in [0.2, 0.25) is 11.8 Å². The highest BCUT2D eigenvalue weighted by Crippen LogP contribution is 2.22. The van der Waals surface area contributed by atoms with Crippen molar-refractivity contribution < 1.29 is 9.59 Å². The lowest BCUT2D eigenvalue weighted by Crippen LogP contribution is -2.43. The maximum Gasteiger partial charge on any atom is 0.241 e. The van der Waals surface area contributed by atoms with Crippen LogP contribution in [0.15, 0.2) is 36.4 Å². The lowest BCUT2D eigenvalue weighted by atomic mass is 9.98. The molecule has 0 spiro atoms. The van der Waals surface area contributed by atoms with Crippen LogP contribution in [0.25, 0.3) is 0 Å². The summed E-state index contributed by atoms with van der Waals surface area (Å²) in [6.07, 6.45) is 1.08. The van der Waals surface area contributed by atoms with Crippen LogP contribution in [0, 0.1) is 20.8 Å². The van der Waals surface area contributed by atoms with Gasteiger partial charge in [0.05, 0.1) is 12.6 Å². The molecular weight excluding hydrogens is 374 g/mol. The monoisotopic (exact) mass is 409 g/mol. The first kappa shape index (κ1) is 23.6. The first-order valence-electron chi connectivity index (χ1n) is 10.6. The summed E-state index contributed by atoms with van der Waals surface area (Å²) in [6, 6.07) is 11.6. The number of hydrogen-bond acceptors (Lipinski definition) is 3. The topological polar surface area (TPSA) is 61.4 Å². The van der Waals surface area contributed by atoms with Crippen LogP contribution in [0.2, 0.25) is 0 Å². The van der Waals surface area contributed by atoms with Crippen LogP contribution in [0.3, 0.4) is 0 Å². The van der Waals surface area contributed by atoms with Crippen LogP contribution in [0.5, 0.6) is 0 Å². The van der Waals surface area contributed by atoms with Crippen molar-refractivity contribution in [2.75, 3.05) is 24.2 Å². The Morgan fingerprint density at radius 1 is 0.967 bits per heavy atom. The number of hydrogen-bond donors (Lipinski definition) is 2. The van der Waals surface area contributed by atoms with Gasteiger partial charge in [-0.25, -0.2) is 0 Å². The van der Waals surface area contributed by atoms with Crippen molar-refractivity contribution in [3.8, 4) is 0 Å². The van der Waals surface area contributed by atoms with E-state index in [-0.39, 0.29) is 18.4 Å². The average Bonchev–Trinajstić information content (AvgIpc) is 2.69. The number of rotatable bonds is 8. The molecule has 2 aromatic carbocycles. The van der Waals surface area contributed by atoms with Crippen molar-refractivity contribution in [1.29, 1.82) is 0 Å². The molecule has 0 heterocycles. The van der Waals surface area contributed by atoms with Crippen molar-refractivity contribution in [2.45, 2.75) is 59.9 Å². The van der Waals surface area contributed by atoms with E-state index in [9.17, 15) is 9.59 Å². The van der Waals surface area contributed by atoms with Gasteiger partial charge in [0.25, 0.3) is 0 Å². The van der Waals surface area contributed by atoms with E-state index in [1.165, 1.54) is 11.1 Å². The second-order valence-electron chi connectivity index (χ2n) is 8.33. The standard InChI is InChI=1S/C25H35N3O2/c1-8-17(3)21-9-11-22(12-10-21)26-25(30)20(6)28(7)15-23(29)27-24-18(4)13-16(2)14-19(24)5/h9-14,17,20H,8,15H2,1-7H3,(H,26,30)(H,27,29)/t17-,20+/m1/s1. The predicted molar refractivity (Wildman–Crippen MR) is 125 cm³/mol. The Morgan fingerprint density at radius 3 is 2.07 bits per heavy atom. The number of nitrogens with one attached hydrogen (secondary N) is 2. The molecule has 0 saturated heterocycles. The minimum atomic E-state index is -0.440. The second kappa shape index (κ2) is 10.4. The molecule has 0 aliphatic carbocycles. The second-order valence-corrected chi connectivity index (χ2v) is 8.33. The highest BCUT2D eigenvalue weighted by atomic mass is 16.2. The Bertz CT molecular complexity index is 867. The molecule has 0 bridgehead atoms. The summed E-state index contributed by atoms with van der Waals surface area (Å²) in [5.41, 5.74) is 6.12. The van der Waals surface area contributed by atoms with Gasteiger partial charge in [-0.1, -0.05) is 43.7 Å². The SMILES string of the molecule is CC[C@@H](C)c1ccc(NC(=O)[C@H](C)N(C)CC(=O)Nc2c(C)cc(C)cc2C)cc1. The molecule has 0 aromatic heterocycles. The van der Waals surface area contributed by atoms with Gasteiger partial charge in [-0.15, -0.1) is 0 Å². The first-order chi connectivity index (χ1) is 14.1. The fourth-order valence-electron chi connectivity index (χ4n) is 3.50. The molecule has 30 heavy (non-hydrogen) atoms. The third-order valence-electron chi connectivity index (χ3n) is 5.73. The summed E-state index contributed by atoms with van der Waals surface area (Å²) in [4.78, 5) is 26.9. The Kier molecular flexibility index (Phi) is 8.18. The molecule has 0 radical (unpaired) electrons. The highest BCUT2D eigenvalue weighted by Gasteiger charge is 2.21. The largest absolute Gasteiger partial charge is 0.325 e. The number of aryl methyl sites for hydroxylation is 3. The molecular formula is C25H35N3O2. The predicted octanol–water partition coefficient (Wildman–Crippen LogP) is 5.02. The minimum absolute atomic E-state index is 0.133. The number of nitrogens with zero attached hydrogens (tertiary/aromatic N) is 1.